The molecule has 0 aliphatic carbocycles. The zero-order valence-electron chi connectivity index (χ0n) is 11.8. The van der Waals surface area contributed by atoms with Crippen molar-refractivity contribution in [3.8, 4) is 0 Å². The van der Waals surface area contributed by atoms with Gasteiger partial charge in [-0.2, -0.15) is 13.2 Å². The van der Waals surface area contributed by atoms with Crippen molar-refractivity contribution >= 4 is 23.3 Å². The van der Waals surface area contributed by atoms with Gasteiger partial charge in [0.15, 0.2) is 0 Å². The van der Waals surface area contributed by atoms with Crippen LogP contribution < -0.4 is 10.6 Å². The van der Waals surface area contributed by atoms with Crippen molar-refractivity contribution in [2.24, 2.45) is 0 Å². The van der Waals surface area contributed by atoms with Gasteiger partial charge in [0.25, 0.3) is 0 Å². The topological polar surface area (TPSA) is 75.3 Å². The molecule has 2 N–H and O–H groups in total. The van der Waals surface area contributed by atoms with Gasteiger partial charge in [0.1, 0.15) is 5.78 Å². The number of carbonyl (C=O) groups is 3. The quantitative estimate of drug-likeness (QED) is 0.844. The molecular weight excluding hydrogens is 301 g/mol. The fourth-order valence-corrected chi connectivity index (χ4v) is 1.56. The lowest BCUT2D eigenvalue weighted by atomic mass is 10.1. The minimum absolute atomic E-state index is 0.00636. The molecule has 0 aliphatic heterocycles. The molecule has 120 valence electrons. The van der Waals surface area contributed by atoms with Crippen LogP contribution in [0.2, 0.25) is 0 Å². The van der Waals surface area contributed by atoms with Gasteiger partial charge in [0, 0.05) is 25.1 Å². The SMILES string of the molecule is CC(=O)CCC(=O)NCc1ccccc1NC(=O)C(F)(F)F. The number of nitrogens with one attached hydrogen (secondary N) is 2. The second-order valence-corrected chi connectivity index (χ2v) is 4.59. The standard InChI is InChI=1S/C14H15F3N2O3/c1-9(20)6-7-12(21)18-8-10-4-2-3-5-11(10)19-13(22)14(15,16)17/h2-5H,6-8H2,1H3,(H,18,21)(H,19,22). The highest BCUT2D eigenvalue weighted by molar-refractivity contribution is 5.95. The smallest absolute Gasteiger partial charge is 0.352 e. The van der Waals surface area contributed by atoms with Crippen LogP contribution in [0.3, 0.4) is 0 Å². The fourth-order valence-electron chi connectivity index (χ4n) is 1.56. The molecule has 0 aliphatic rings. The van der Waals surface area contributed by atoms with Gasteiger partial charge in [-0.05, 0) is 18.6 Å². The molecular formula is C14H15F3N2O3. The van der Waals surface area contributed by atoms with E-state index in [0.717, 1.165) is 0 Å². The molecule has 0 bridgehead atoms. The molecule has 0 saturated heterocycles. The van der Waals surface area contributed by atoms with E-state index in [1.54, 1.807) is 11.4 Å². The van der Waals surface area contributed by atoms with Gasteiger partial charge in [-0.3, -0.25) is 9.59 Å². The molecule has 8 heteroatoms. The summed E-state index contributed by atoms with van der Waals surface area (Å²) in [6, 6.07) is 5.82. The Morgan fingerprint density at radius 2 is 1.73 bits per heavy atom. The average molecular weight is 316 g/mol. The van der Waals surface area contributed by atoms with Crippen LogP contribution in [0.1, 0.15) is 25.3 Å². The fraction of sp³-hybridized carbons (Fsp3) is 0.357. The number of para-hydroxylation sites is 1. The van der Waals surface area contributed by atoms with Crippen molar-refractivity contribution in [3.63, 3.8) is 0 Å². The minimum Gasteiger partial charge on any atom is -0.352 e. The Bertz CT molecular complexity index is 571. The van der Waals surface area contributed by atoms with Crippen LogP contribution >= 0.6 is 0 Å². The molecule has 0 unspecified atom stereocenters. The molecule has 0 atom stereocenters. The lowest BCUT2D eigenvalue weighted by Gasteiger charge is -2.13. The van der Waals surface area contributed by atoms with E-state index in [4.69, 9.17) is 0 Å². The van der Waals surface area contributed by atoms with Crippen LogP contribution in [0.15, 0.2) is 24.3 Å². The summed E-state index contributed by atoms with van der Waals surface area (Å²) in [5, 5.41) is 4.24. The molecule has 5 nitrogen and oxygen atoms in total. The Morgan fingerprint density at radius 1 is 1.09 bits per heavy atom. The Hall–Kier alpha value is -2.38. The summed E-state index contributed by atoms with van der Waals surface area (Å²) in [6.45, 7) is 1.31. The molecule has 0 saturated carbocycles. The number of anilines is 1. The number of carbonyl (C=O) groups excluding carboxylic acids is 3. The summed E-state index contributed by atoms with van der Waals surface area (Å²) < 4.78 is 36.7. The highest BCUT2D eigenvalue weighted by atomic mass is 19.4. The summed E-state index contributed by atoms with van der Waals surface area (Å²) in [4.78, 5) is 33.2. The molecule has 0 fully saturated rings. The Morgan fingerprint density at radius 3 is 2.32 bits per heavy atom. The van der Waals surface area contributed by atoms with Gasteiger partial charge in [-0.15, -0.1) is 0 Å². The summed E-state index contributed by atoms with van der Waals surface area (Å²) in [6.07, 6.45) is -4.89. The van der Waals surface area contributed by atoms with Crippen molar-refractivity contribution in [2.75, 3.05) is 5.32 Å². The van der Waals surface area contributed by atoms with Crippen molar-refractivity contribution in [1.82, 2.24) is 5.32 Å². The van der Waals surface area contributed by atoms with Crippen molar-refractivity contribution in [3.05, 3.63) is 29.8 Å². The van der Waals surface area contributed by atoms with Crippen LogP contribution in [0.4, 0.5) is 18.9 Å². The molecule has 22 heavy (non-hydrogen) atoms. The van der Waals surface area contributed by atoms with E-state index in [9.17, 15) is 27.6 Å². The zero-order valence-corrected chi connectivity index (χ0v) is 11.8. The first-order chi connectivity index (χ1) is 10.2. The maximum atomic E-state index is 12.2. The van der Waals surface area contributed by atoms with E-state index in [0.29, 0.717) is 5.56 Å². The molecule has 0 spiro atoms. The first-order valence-electron chi connectivity index (χ1n) is 6.42. The molecule has 0 heterocycles. The third-order valence-corrected chi connectivity index (χ3v) is 2.70. The number of amides is 2. The molecule has 1 rings (SSSR count). The van der Waals surface area contributed by atoms with Gasteiger partial charge >= 0.3 is 12.1 Å². The number of hydrogen-bond acceptors (Lipinski definition) is 3. The molecule has 1 aromatic carbocycles. The third-order valence-electron chi connectivity index (χ3n) is 2.70. The first-order valence-corrected chi connectivity index (χ1v) is 6.42. The summed E-state index contributed by atoms with van der Waals surface area (Å²) in [5.74, 6) is -2.61. The van der Waals surface area contributed by atoms with Crippen molar-refractivity contribution in [2.45, 2.75) is 32.5 Å². The number of alkyl halides is 3. The number of hydrogen-bond donors (Lipinski definition) is 2. The van der Waals surface area contributed by atoms with E-state index < -0.39 is 18.0 Å². The Labute approximate surface area is 124 Å². The van der Waals surface area contributed by atoms with Gasteiger partial charge in [-0.1, -0.05) is 18.2 Å². The van der Waals surface area contributed by atoms with Crippen molar-refractivity contribution in [1.29, 1.82) is 0 Å². The Kier molecular flexibility index (Phi) is 6.09. The lowest BCUT2D eigenvalue weighted by Crippen LogP contribution is -2.31. The van der Waals surface area contributed by atoms with E-state index in [1.807, 2.05) is 0 Å². The van der Waals surface area contributed by atoms with E-state index in [1.165, 1.54) is 25.1 Å². The summed E-state index contributed by atoms with van der Waals surface area (Å²) >= 11 is 0. The van der Waals surface area contributed by atoms with Crippen LogP contribution in [0, 0.1) is 0 Å². The van der Waals surface area contributed by atoms with Crippen LogP contribution in [0.5, 0.6) is 0 Å². The van der Waals surface area contributed by atoms with E-state index >= 15 is 0 Å². The lowest BCUT2D eigenvalue weighted by molar-refractivity contribution is -0.167. The molecule has 1 aromatic rings. The predicted octanol–water partition coefficient (Wildman–Crippen LogP) is 2.17. The van der Waals surface area contributed by atoms with Gasteiger partial charge in [-0.25, -0.2) is 0 Å². The Balaban J connectivity index is 2.66. The number of rotatable bonds is 6. The van der Waals surface area contributed by atoms with E-state index in [2.05, 4.69) is 5.32 Å². The normalized spacial score (nSPS) is 10.9. The predicted molar refractivity (Wildman–Crippen MR) is 72.9 cm³/mol. The number of benzene rings is 1. The van der Waals surface area contributed by atoms with E-state index in [-0.39, 0.29) is 30.9 Å². The maximum Gasteiger partial charge on any atom is 0.471 e. The average Bonchev–Trinajstić information content (AvgIpc) is 2.43. The third kappa shape index (κ3) is 5.94. The molecule has 0 aromatic heterocycles. The zero-order chi connectivity index (χ0) is 16.8. The number of halogens is 3. The van der Waals surface area contributed by atoms with Gasteiger partial charge in [0.2, 0.25) is 5.91 Å². The highest BCUT2D eigenvalue weighted by Crippen LogP contribution is 2.20. The summed E-state index contributed by atoms with van der Waals surface area (Å²) in [5.41, 5.74) is 0.299. The van der Waals surface area contributed by atoms with Crippen molar-refractivity contribution < 1.29 is 27.6 Å². The van der Waals surface area contributed by atoms with Gasteiger partial charge < -0.3 is 15.4 Å². The largest absolute Gasteiger partial charge is 0.471 e. The monoisotopic (exact) mass is 316 g/mol. The van der Waals surface area contributed by atoms with Crippen LogP contribution in [-0.2, 0) is 20.9 Å². The second-order valence-electron chi connectivity index (χ2n) is 4.59. The summed E-state index contributed by atoms with van der Waals surface area (Å²) in [7, 11) is 0. The minimum atomic E-state index is -4.99. The second kappa shape index (κ2) is 7.58. The number of ketones is 1. The van der Waals surface area contributed by atoms with Gasteiger partial charge in [0.05, 0.1) is 0 Å². The van der Waals surface area contributed by atoms with Crippen LogP contribution in [-0.4, -0.2) is 23.8 Å². The highest BCUT2D eigenvalue weighted by Gasteiger charge is 2.38. The maximum absolute atomic E-state index is 12.2. The molecule has 0 radical (unpaired) electrons. The molecule has 2 amide bonds. The van der Waals surface area contributed by atoms with Crippen LogP contribution in [0.25, 0.3) is 0 Å². The first kappa shape index (κ1) is 17.7. The number of Topliss-reactive ketones (excluding diaryl/α,β-unsaturated/α-hetero) is 1.